The van der Waals surface area contributed by atoms with Gasteiger partial charge in [0.2, 0.25) is 5.36 Å². The maximum Gasteiger partial charge on any atom is 0.336 e. The molecule has 2 aromatic heterocycles. The molecule has 344 valence electrons. The molecule has 1 aliphatic carbocycles. The van der Waals surface area contributed by atoms with Crippen molar-refractivity contribution < 1.29 is 28.6 Å². The summed E-state index contributed by atoms with van der Waals surface area (Å²) in [6.07, 6.45) is 4.85. The molecule has 2 aliphatic rings. The predicted octanol–water partition coefficient (Wildman–Crippen LogP) is 9.53. The van der Waals surface area contributed by atoms with Crippen LogP contribution in [0, 0.1) is 0 Å². The Bertz CT molecular complexity index is 3140. The summed E-state index contributed by atoms with van der Waals surface area (Å²) in [5.74, 6) is 1.80. The number of carbonyl (C=O) groups excluding carboxylic acids is 1. The lowest BCUT2D eigenvalue weighted by atomic mass is 9.89. The fourth-order valence-electron chi connectivity index (χ4n) is 7.92. The van der Waals surface area contributed by atoms with Gasteiger partial charge in [0.05, 0.1) is 30.0 Å². The number of rotatable bonds is 18. The molecule has 14 nitrogen and oxygen atoms in total. The highest BCUT2D eigenvalue weighted by Crippen LogP contribution is 2.42. The second-order valence-corrected chi connectivity index (χ2v) is 17.4. The van der Waals surface area contributed by atoms with E-state index in [0.717, 1.165) is 70.1 Å². The molecule has 67 heavy (non-hydrogen) atoms. The molecule has 0 saturated carbocycles. The molecule has 6 aromatic rings. The summed E-state index contributed by atoms with van der Waals surface area (Å²) in [6, 6.07) is 32.0. The molecule has 4 aromatic carbocycles. The van der Waals surface area contributed by atoms with Crippen LogP contribution < -0.4 is 34.9 Å². The van der Waals surface area contributed by atoms with Crippen LogP contribution in [-0.4, -0.2) is 84.0 Å². The first-order valence-electron chi connectivity index (χ1n) is 22.3. The molecule has 1 amide bonds. The lowest BCUT2D eigenvalue weighted by Crippen LogP contribution is -2.24. The lowest BCUT2D eigenvalue weighted by Gasteiger charge is -2.19. The molecule has 0 atom stereocenters. The minimum atomic E-state index is -1.13. The SMILES string of the molecule is CC(C)Oc1cc(Cl)ccc1CNc1cc(-c2cccc(OCCCCCCNC(=O)c3ccc(-c4c5ccc(=[N+](C)C)cc-5oc5cc(N(C)C)ccc45)c(C(=O)O)c3)c2)nc2ncnn12. The Kier molecular flexibility index (Phi) is 14.0. The van der Waals surface area contributed by atoms with E-state index in [1.165, 1.54) is 12.4 Å². The molecule has 0 fully saturated rings. The van der Waals surface area contributed by atoms with E-state index in [0.29, 0.717) is 64.7 Å². The van der Waals surface area contributed by atoms with Crippen molar-refractivity contribution in [2.45, 2.75) is 52.2 Å². The fraction of sp³-hybridized carbons (Fsp3) is 0.269. The fourth-order valence-corrected chi connectivity index (χ4v) is 8.09. The topological polar surface area (TPSA) is 159 Å². The summed E-state index contributed by atoms with van der Waals surface area (Å²) in [5.41, 5.74) is 6.43. The first-order valence-corrected chi connectivity index (χ1v) is 22.7. The highest BCUT2D eigenvalue weighted by Gasteiger charge is 2.24. The van der Waals surface area contributed by atoms with E-state index in [1.807, 2.05) is 136 Å². The summed E-state index contributed by atoms with van der Waals surface area (Å²) in [7, 11) is 7.82. The molecular formula is C52H54ClN8O6+. The Morgan fingerprint density at radius 2 is 1.73 bits per heavy atom. The lowest BCUT2D eigenvalue weighted by molar-refractivity contribution is 0.0697. The molecule has 8 rings (SSSR count). The summed E-state index contributed by atoms with van der Waals surface area (Å²) >= 11 is 6.27. The van der Waals surface area contributed by atoms with Crippen molar-refractivity contribution in [1.29, 1.82) is 0 Å². The van der Waals surface area contributed by atoms with Gasteiger partial charge in [0.1, 0.15) is 49.1 Å². The van der Waals surface area contributed by atoms with Crippen LogP contribution >= 0.6 is 11.6 Å². The minimum Gasteiger partial charge on any atom is -0.494 e. The number of carbonyl (C=O) groups is 2. The van der Waals surface area contributed by atoms with E-state index in [1.54, 1.807) is 16.6 Å². The van der Waals surface area contributed by atoms with Gasteiger partial charge in [-0.15, -0.1) is 0 Å². The van der Waals surface area contributed by atoms with Crippen LogP contribution in [0.3, 0.4) is 0 Å². The second kappa shape index (κ2) is 20.4. The number of nitrogens with zero attached hydrogens (tertiary/aromatic N) is 6. The number of hydrogen-bond donors (Lipinski definition) is 3. The van der Waals surface area contributed by atoms with Crippen molar-refractivity contribution in [3.8, 4) is 45.2 Å². The molecule has 3 N–H and O–H groups in total. The van der Waals surface area contributed by atoms with E-state index < -0.39 is 5.97 Å². The van der Waals surface area contributed by atoms with Gasteiger partial charge in [0.15, 0.2) is 0 Å². The largest absolute Gasteiger partial charge is 0.494 e. The highest BCUT2D eigenvalue weighted by molar-refractivity contribution is 6.30. The van der Waals surface area contributed by atoms with Crippen LogP contribution in [0.2, 0.25) is 5.02 Å². The molecule has 0 saturated heterocycles. The average Bonchev–Trinajstić information content (AvgIpc) is 3.80. The molecule has 1 aliphatic heterocycles. The van der Waals surface area contributed by atoms with Gasteiger partial charge in [-0.2, -0.15) is 14.6 Å². The maximum absolute atomic E-state index is 13.4. The van der Waals surface area contributed by atoms with E-state index in [4.69, 9.17) is 30.5 Å². The third-order valence-electron chi connectivity index (χ3n) is 11.4. The first kappa shape index (κ1) is 46.1. The molecule has 15 heteroatoms. The van der Waals surface area contributed by atoms with Crippen LogP contribution in [-0.2, 0) is 6.54 Å². The summed E-state index contributed by atoms with van der Waals surface area (Å²) in [6.45, 7) is 5.40. The van der Waals surface area contributed by atoms with Crippen molar-refractivity contribution in [1.82, 2.24) is 29.5 Å². The number of unbranched alkanes of at least 4 members (excludes halogenated alkanes) is 3. The second-order valence-electron chi connectivity index (χ2n) is 17.0. The normalized spacial score (nSPS) is 11.3. The van der Waals surface area contributed by atoms with Crippen molar-refractivity contribution in [3.05, 3.63) is 137 Å². The third kappa shape index (κ3) is 10.7. The van der Waals surface area contributed by atoms with Crippen LogP contribution in [0.1, 0.15) is 65.8 Å². The summed E-state index contributed by atoms with van der Waals surface area (Å²) in [4.78, 5) is 37.3. The molecule has 0 radical (unpaired) electrons. The standard InChI is InChI=1S/C52H53ClN8O6/c1-32(2)66-45-26-36(53)16-14-35(45)30-55-48-29-44(58-52-56-31-57-61(48)52)33-12-11-13-39(24-33)65-23-10-8-7-9-22-54-50(62)34-15-19-40(43(25-34)51(63)64)49-41-20-17-37(59(3)4)27-46(41)67-47-28-38(60(5)6)18-21-42(47)49/h11-21,24-29,31-32H,7-10,22-23,30H2,1-6H3,(H2-,54,55,56,57,58,62,63,64)/p+1. The van der Waals surface area contributed by atoms with Gasteiger partial charge in [-0.25, -0.2) is 14.4 Å². The van der Waals surface area contributed by atoms with Crippen LogP contribution in [0.15, 0.2) is 114 Å². The molecule has 0 spiro atoms. The first-order chi connectivity index (χ1) is 32.3. The quantitative estimate of drug-likeness (QED) is 0.0428. The number of anilines is 2. The number of hydrogen-bond acceptors (Lipinski definition) is 10. The van der Waals surface area contributed by atoms with E-state index in [9.17, 15) is 14.7 Å². The van der Waals surface area contributed by atoms with Crippen molar-refractivity contribution in [2.75, 3.05) is 51.6 Å². The third-order valence-corrected chi connectivity index (χ3v) is 11.6. The number of carboxylic acid groups (broad SMARTS) is 1. The Labute approximate surface area is 393 Å². The number of aromatic nitrogens is 4. The van der Waals surface area contributed by atoms with Gasteiger partial charge in [-0.1, -0.05) is 48.7 Å². The monoisotopic (exact) mass is 921 g/mol. The zero-order valence-corrected chi connectivity index (χ0v) is 39.2. The van der Waals surface area contributed by atoms with Crippen molar-refractivity contribution in [2.24, 2.45) is 0 Å². The van der Waals surface area contributed by atoms with Crippen LogP contribution in [0.4, 0.5) is 11.5 Å². The van der Waals surface area contributed by atoms with Crippen molar-refractivity contribution >= 4 is 51.7 Å². The predicted molar refractivity (Wildman–Crippen MR) is 264 cm³/mol. The minimum absolute atomic E-state index is 0.00537. The van der Waals surface area contributed by atoms with Gasteiger partial charge in [0.25, 0.3) is 11.7 Å². The molecule has 3 heterocycles. The van der Waals surface area contributed by atoms with Crippen molar-refractivity contribution in [3.63, 3.8) is 0 Å². The zero-order valence-electron chi connectivity index (χ0n) is 38.5. The van der Waals surface area contributed by atoms with Crippen LogP contribution in [0.5, 0.6) is 11.5 Å². The Morgan fingerprint density at radius 3 is 2.52 bits per heavy atom. The molecule has 0 unspecified atom stereocenters. The van der Waals surface area contributed by atoms with E-state index in [-0.39, 0.29) is 23.1 Å². The zero-order chi connectivity index (χ0) is 47.2. The van der Waals surface area contributed by atoms with E-state index >= 15 is 0 Å². The van der Waals surface area contributed by atoms with Gasteiger partial charge in [0, 0.05) is 89.3 Å². The average molecular weight is 923 g/mol. The number of nitrogens with one attached hydrogen (secondary N) is 2. The molecular weight excluding hydrogens is 868 g/mol. The van der Waals surface area contributed by atoms with Gasteiger partial charge < -0.3 is 34.5 Å². The number of amides is 1. The number of aromatic carboxylic acids is 1. The maximum atomic E-state index is 13.4. The van der Waals surface area contributed by atoms with Gasteiger partial charge in [-0.3, -0.25) is 4.79 Å². The van der Waals surface area contributed by atoms with E-state index in [2.05, 4.69) is 20.7 Å². The number of benzene rings is 5. The Morgan fingerprint density at radius 1 is 0.910 bits per heavy atom. The number of halogens is 1. The summed E-state index contributed by atoms with van der Waals surface area (Å²) < 4.78 is 22.2. The molecule has 0 bridgehead atoms. The van der Waals surface area contributed by atoms with Gasteiger partial charge in [-0.05, 0) is 86.8 Å². The Hall–Kier alpha value is -7.45. The summed E-state index contributed by atoms with van der Waals surface area (Å²) in [5, 5.41) is 23.6. The number of fused-ring (bicyclic) bond motifs is 3. The smallest absolute Gasteiger partial charge is 0.336 e. The highest BCUT2D eigenvalue weighted by atomic mass is 35.5. The number of ether oxygens (including phenoxy) is 2. The van der Waals surface area contributed by atoms with Crippen LogP contribution in [0.25, 0.3) is 50.5 Å². The van der Waals surface area contributed by atoms with Gasteiger partial charge >= 0.3 is 5.97 Å². The number of carboxylic acids is 1. The Balaban J connectivity index is 0.859.